The molecule has 150 valence electrons. The molecule has 0 spiro atoms. The van der Waals surface area contributed by atoms with Crippen molar-refractivity contribution >= 4 is 34.3 Å². The first kappa shape index (κ1) is 19.7. The lowest BCUT2D eigenvalue weighted by molar-refractivity contribution is -0.115. The van der Waals surface area contributed by atoms with Crippen LogP contribution < -0.4 is 10.9 Å². The summed E-state index contributed by atoms with van der Waals surface area (Å²) in [4.78, 5) is 30.7. The summed E-state index contributed by atoms with van der Waals surface area (Å²) >= 11 is 1.36. The predicted molar refractivity (Wildman–Crippen MR) is 119 cm³/mol. The summed E-state index contributed by atoms with van der Waals surface area (Å²) in [6.45, 7) is 3.87. The van der Waals surface area contributed by atoms with Gasteiger partial charge in [-0.1, -0.05) is 54.4 Å². The van der Waals surface area contributed by atoms with Crippen molar-refractivity contribution in [3.8, 4) is 0 Å². The zero-order chi connectivity index (χ0) is 20.4. The molecule has 1 aliphatic rings. The van der Waals surface area contributed by atoms with E-state index in [1.165, 1.54) is 11.8 Å². The molecule has 4 rings (SSSR count). The Balaban J connectivity index is 1.63. The predicted octanol–water partition coefficient (Wildman–Crippen LogP) is 4.94. The third-order valence-electron chi connectivity index (χ3n) is 5.44. The van der Waals surface area contributed by atoms with Crippen molar-refractivity contribution in [2.75, 3.05) is 5.32 Å². The number of hydrogen-bond donors (Lipinski definition) is 1. The van der Waals surface area contributed by atoms with Gasteiger partial charge in [-0.2, -0.15) is 0 Å². The van der Waals surface area contributed by atoms with E-state index < -0.39 is 0 Å². The molecule has 29 heavy (non-hydrogen) atoms. The molecular weight excluding hydrogens is 382 g/mol. The van der Waals surface area contributed by atoms with E-state index in [-0.39, 0.29) is 22.8 Å². The van der Waals surface area contributed by atoms with Gasteiger partial charge in [0.15, 0.2) is 5.16 Å². The fourth-order valence-corrected chi connectivity index (χ4v) is 4.76. The van der Waals surface area contributed by atoms with Crippen molar-refractivity contribution in [1.82, 2.24) is 9.55 Å². The second-order valence-electron chi connectivity index (χ2n) is 7.64. The minimum Gasteiger partial charge on any atom is -0.325 e. The molecule has 1 aromatic heterocycles. The summed E-state index contributed by atoms with van der Waals surface area (Å²) in [5.41, 5.74) is 2.59. The quantitative estimate of drug-likeness (QED) is 0.481. The Bertz CT molecular complexity index is 1090. The number of fused-ring (bicyclic) bond motifs is 1. The topological polar surface area (TPSA) is 64.0 Å². The third kappa shape index (κ3) is 4.22. The zero-order valence-electron chi connectivity index (χ0n) is 16.7. The van der Waals surface area contributed by atoms with Gasteiger partial charge in [0.05, 0.1) is 16.2 Å². The van der Waals surface area contributed by atoms with Gasteiger partial charge >= 0.3 is 0 Å². The van der Waals surface area contributed by atoms with Crippen molar-refractivity contribution < 1.29 is 4.79 Å². The van der Waals surface area contributed by atoms with Crippen LogP contribution in [0.15, 0.2) is 58.5 Å². The number of hydrogen-bond acceptors (Lipinski definition) is 4. The maximum atomic E-state index is 13.2. The molecule has 1 fully saturated rings. The lowest BCUT2D eigenvalue weighted by Crippen LogP contribution is -2.29. The van der Waals surface area contributed by atoms with Gasteiger partial charge in [0.25, 0.3) is 5.56 Å². The molecule has 1 saturated carbocycles. The minimum atomic E-state index is -0.378. The Morgan fingerprint density at radius 2 is 1.83 bits per heavy atom. The first-order valence-corrected chi connectivity index (χ1v) is 11.0. The van der Waals surface area contributed by atoms with Gasteiger partial charge in [-0.15, -0.1) is 0 Å². The maximum absolute atomic E-state index is 13.2. The molecule has 3 aromatic rings. The summed E-state index contributed by atoms with van der Waals surface area (Å²) in [6.07, 6.45) is 4.21. The van der Waals surface area contributed by atoms with E-state index in [0.717, 1.165) is 36.9 Å². The normalized spacial score (nSPS) is 15.5. The SMILES string of the molecule is Cc1ccc(NC(=O)[C@@H](C)Sc2nc3ccccc3c(=O)n2C2CCCC2)cc1. The van der Waals surface area contributed by atoms with Crippen molar-refractivity contribution in [3.05, 3.63) is 64.4 Å². The summed E-state index contributed by atoms with van der Waals surface area (Å²) in [5, 5.41) is 3.85. The summed E-state index contributed by atoms with van der Waals surface area (Å²) in [7, 11) is 0. The molecule has 1 N–H and O–H groups in total. The van der Waals surface area contributed by atoms with Crippen molar-refractivity contribution in [2.45, 2.75) is 56.0 Å². The highest BCUT2D eigenvalue weighted by Crippen LogP contribution is 2.33. The molecule has 0 aliphatic heterocycles. The van der Waals surface area contributed by atoms with Crippen LogP contribution in [0.25, 0.3) is 10.9 Å². The fraction of sp³-hybridized carbons (Fsp3) is 0.348. The summed E-state index contributed by atoms with van der Waals surface area (Å²) in [6, 6.07) is 15.3. The molecule has 2 aromatic carbocycles. The van der Waals surface area contributed by atoms with E-state index in [1.807, 2.05) is 66.9 Å². The number of carbonyl (C=O) groups is 1. The Hall–Kier alpha value is -2.60. The Morgan fingerprint density at radius 3 is 2.55 bits per heavy atom. The lowest BCUT2D eigenvalue weighted by Gasteiger charge is -2.20. The molecule has 1 atom stereocenters. The van der Waals surface area contributed by atoms with Gasteiger partial charge in [-0.25, -0.2) is 4.98 Å². The lowest BCUT2D eigenvalue weighted by atomic mass is 10.2. The number of anilines is 1. The molecule has 1 heterocycles. The highest BCUT2D eigenvalue weighted by atomic mass is 32.2. The number of aromatic nitrogens is 2. The monoisotopic (exact) mass is 407 g/mol. The number of nitrogens with zero attached hydrogens (tertiary/aromatic N) is 2. The molecular formula is C23H25N3O2S. The first-order valence-electron chi connectivity index (χ1n) is 10.1. The molecule has 1 amide bonds. The number of amides is 1. The number of benzene rings is 2. The standard InChI is InChI=1S/C23H25N3O2S/c1-15-11-13-17(14-12-15)24-21(27)16(2)29-23-25-20-10-6-5-9-19(20)22(28)26(23)18-7-3-4-8-18/h5-6,9-14,16,18H,3-4,7-8H2,1-2H3,(H,24,27)/t16-/m1/s1. The highest BCUT2D eigenvalue weighted by molar-refractivity contribution is 8.00. The van der Waals surface area contributed by atoms with Gasteiger partial charge < -0.3 is 5.32 Å². The van der Waals surface area contributed by atoms with Crippen LogP contribution in [0, 0.1) is 6.92 Å². The van der Waals surface area contributed by atoms with Crippen LogP contribution in [0.1, 0.15) is 44.2 Å². The molecule has 0 saturated heterocycles. The van der Waals surface area contributed by atoms with Gasteiger partial charge in [0, 0.05) is 11.7 Å². The number of carbonyl (C=O) groups excluding carboxylic acids is 1. The molecule has 0 bridgehead atoms. The van der Waals surface area contributed by atoms with Crippen LogP contribution in [0.4, 0.5) is 5.69 Å². The van der Waals surface area contributed by atoms with E-state index >= 15 is 0 Å². The number of aryl methyl sites for hydroxylation is 1. The van der Waals surface area contributed by atoms with E-state index in [4.69, 9.17) is 4.98 Å². The number of nitrogens with one attached hydrogen (secondary N) is 1. The van der Waals surface area contributed by atoms with Crippen LogP contribution >= 0.6 is 11.8 Å². The fourth-order valence-electron chi connectivity index (χ4n) is 3.79. The molecule has 6 heteroatoms. The zero-order valence-corrected chi connectivity index (χ0v) is 17.5. The van der Waals surface area contributed by atoms with Crippen LogP contribution in [0.2, 0.25) is 0 Å². The second-order valence-corrected chi connectivity index (χ2v) is 8.95. The van der Waals surface area contributed by atoms with Crippen LogP contribution in [-0.4, -0.2) is 20.7 Å². The summed E-state index contributed by atoms with van der Waals surface area (Å²) < 4.78 is 1.83. The van der Waals surface area contributed by atoms with Gasteiger partial charge in [-0.3, -0.25) is 14.2 Å². The highest BCUT2D eigenvalue weighted by Gasteiger charge is 2.25. The van der Waals surface area contributed by atoms with E-state index in [2.05, 4.69) is 5.32 Å². The number of para-hydroxylation sites is 1. The first-order chi connectivity index (χ1) is 14.0. The second kappa shape index (κ2) is 8.41. The smallest absolute Gasteiger partial charge is 0.262 e. The van der Waals surface area contributed by atoms with Crippen molar-refractivity contribution in [1.29, 1.82) is 0 Å². The molecule has 0 radical (unpaired) electrons. The van der Waals surface area contributed by atoms with E-state index in [1.54, 1.807) is 0 Å². The van der Waals surface area contributed by atoms with Crippen molar-refractivity contribution in [3.63, 3.8) is 0 Å². The van der Waals surface area contributed by atoms with Crippen LogP contribution in [0.5, 0.6) is 0 Å². The number of thioether (sulfide) groups is 1. The molecule has 1 aliphatic carbocycles. The maximum Gasteiger partial charge on any atom is 0.262 e. The Labute approximate surface area is 174 Å². The van der Waals surface area contributed by atoms with Gasteiger partial charge in [0.1, 0.15) is 0 Å². The van der Waals surface area contributed by atoms with Gasteiger partial charge in [0.2, 0.25) is 5.91 Å². The Kier molecular flexibility index (Phi) is 5.72. The van der Waals surface area contributed by atoms with Gasteiger partial charge in [-0.05, 0) is 51.0 Å². The Morgan fingerprint density at radius 1 is 1.14 bits per heavy atom. The van der Waals surface area contributed by atoms with Crippen LogP contribution in [0.3, 0.4) is 0 Å². The minimum absolute atomic E-state index is 0.00357. The molecule has 0 unspecified atom stereocenters. The van der Waals surface area contributed by atoms with E-state index in [0.29, 0.717) is 16.1 Å². The van der Waals surface area contributed by atoms with E-state index in [9.17, 15) is 9.59 Å². The average molecular weight is 408 g/mol. The van der Waals surface area contributed by atoms with Crippen LogP contribution in [-0.2, 0) is 4.79 Å². The van der Waals surface area contributed by atoms with Crippen molar-refractivity contribution in [2.24, 2.45) is 0 Å². The summed E-state index contributed by atoms with van der Waals surface area (Å²) in [5.74, 6) is -0.0979. The third-order valence-corrected chi connectivity index (χ3v) is 6.50. The largest absolute Gasteiger partial charge is 0.325 e. The average Bonchev–Trinajstić information content (AvgIpc) is 3.24. The number of rotatable bonds is 5. The molecule has 5 nitrogen and oxygen atoms in total.